The lowest BCUT2D eigenvalue weighted by molar-refractivity contribution is 0.0989. The molecule has 0 bridgehead atoms. The maximum atomic E-state index is 13.3. The fourth-order valence-electron chi connectivity index (χ4n) is 3.27. The third-order valence-corrected chi connectivity index (χ3v) is 4.69. The van der Waals surface area contributed by atoms with E-state index >= 15 is 0 Å². The number of rotatable bonds is 6. The van der Waals surface area contributed by atoms with E-state index in [1.54, 1.807) is 19.2 Å². The molecule has 0 spiro atoms. The smallest absolute Gasteiger partial charge is 0.123 e. The molecule has 1 heterocycles. The van der Waals surface area contributed by atoms with Crippen molar-refractivity contribution in [1.29, 1.82) is 0 Å². The minimum absolute atomic E-state index is 0.308. The van der Waals surface area contributed by atoms with Crippen LogP contribution < -0.4 is 10.1 Å². The van der Waals surface area contributed by atoms with Gasteiger partial charge in [-0.1, -0.05) is 18.2 Å². The molecule has 2 aromatic rings. The summed E-state index contributed by atoms with van der Waals surface area (Å²) in [5.41, 5.74) is 1.70. The van der Waals surface area contributed by atoms with Crippen LogP contribution >= 0.6 is 0 Å². The topological polar surface area (TPSA) is 44.7 Å². The van der Waals surface area contributed by atoms with Gasteiger partial charge in [-0.2, -0.15) is 0 Å². The molecule has 5 heteroatoms. The third kappa shape index (κ3) is 4.94. The van der Waals surface area contributed by atoms with Crippen molar-refractivity contribution in [1.82, 2.24) is 4.90 Å². The molecule has 0 radical (unpaired) electrons. The van der Waals surface area contributed by atoms with E-state index < -0.39 is 6.10 Å². The van der Waals surface area contributed by atoms with Gasteiger partial charge >= 0.3 is 0 Å². The maximum absolute atomic E-state index is 13.3. The molecule has 0 unspecified atom stereocenters. The molecule has 4 nitrogen and oxygen atoms in total. The van der Waals surface area contributed by atoms with E-state index in [0.717, 1.165) is 37.4 Å². The minimum Gasteiger partial charge on any atom is -0.497 e. The summed E-state index contributed by atoms with van der Waals surface area (Å²) in [6.07, 6.45) is 1.36. The number of anilines is 1. The number of hydrogen-bond acceptors (Lipinski definition) is 4. The second-order valence-corrected chi connectivity index (χ2v) is 6.52. The number of hydrogen-bond donors (Lipinski definition) is 2. The lowest BCUT2D eigenvalue weighted by Gasteiger charge is -2.34. The van der Waals surface area contributed by atoms with Crippen LogP contribution in [0.1, 0.15) is 24.5 Å². The number of piperidine rings is 1. The summed E-state index contributed by atoms with van der Waals surface area (Å²) < 4.78 is 18.5. The number of nitrogens with zero attached hydrogens (tertiary/aromatic N) is 1. The second-order valence-electron chi connectivity index (χ2n) is 6.52. The molecular formula is C20H25FN2O2. The van der Waals surface area contributed by atoms with Gasteiger partial charge in [0.15, 0.2) is 0 Å². The SMILES string of the molecule is COc1cccc(NC2CCN(C[C@@H](O)c3cccc(F)c3)CC2)c1. The van der Waals surface area contributed by atoms with Gasteiger partial charge in [-0.05, 0) is 42.7 Å². The number of methoxy groups -OCH3 is 1. The highest BCUT2D eigenvalue weighted by Gasteiger charge is 2.21. The zero-order chi connectivity index (χ0) is 17.6. The van der Waals surface area contributed by atoms with Crippen molar-refractivity contribution < 1.29 is 14.2 Å². The van der Waals surface area contributed by atoms with Crippen molar-refractivity contribution in [3.05, 3.63) is 59.9 Å². The monoisotopic (exact) mass is 344 g/mol. The van der Waals surface area contributed by atoms with Crippen molar-refractivity contribution in [2.45, 2.75) is 25.0 Å². The Morgan fingerprint density at radius 1 is 1.20 bits per heavy atom. The van der Waals surface area contributed by atoms with E-state index in [2.05, 4.69) is 10.2 Å². The van der Waals surface area contributed by atoms with Crippen LogP contribution in [-0.2, 0) is 0 Å². The first kappa shape index (κ1) is 17.7. The van der Waals surface area contributed by atoms with Crippen LogP contribution in [0.3, 0.4) is 0 Å². The van der Waals surface area contributed by atoms with Crippen LogP contribution in [0.4, 0.5) is 10.1 Å². The molecule has 2 N–H and O–H groups in total. The molecule has 1 saturated heterocycles. The molecule has 1 aliphatic rings. The van der Waals surface area contributed by atoms with Crippen LogP contribution in [0.25, 0.3) is 0 Å². The Bertz CT molecular complexity index is 687. The van der Waals surface area contributed by atoms with Gasteiger partial charge in [0, 0.05) is 37.4 Å². The van der Waals surface area contributed by atoms with E-state index in [1.807, 2.05) is 24.3 Å². The third-order valence-electron chi connectivity index (χ3n) is 4.69. The normalized spacial score (nSPS) is 17.2. The van der Waals surface area contributed by atoms with Crippen molar-refractivity contribution in [2.24, 2.45) is 0 Å². The standard InChI is InChI=1S/C20H25FN2O2/c1-25-19-7-3-6-18(13-19)22-17-8-10-23(11-9-17)14-20(24)15-4-2-5-16(21)12-15/h2-7,12-13,17,20,22,24H,8-11,14H2,1H3/t20-/m1/s1. The molecule has 0 aromatic heterocycles. The highest BCUT2D eigenvalue weighted by atomic mass is 19.1. The van der Waals surface area contributed by atoms with Crippen molar-refractivity contribution in [2.75, 3.05) is 32.1 Å². The molecule has 0 amide bonds. The van der Waals surface area contributed by atoms with Crippen LogP contribution in [0, 0.1) is 5.82 Å². The number of ether oxygens (including phenoxy) is 1. The number of aliphatic hydroxyl groups is 1. The van der Waals surface area contributed by atoms with E-state index in [9.17, 15) is 9.50 Å². The average molecular weight is 344 g/mol. The van der Waals surface area contributed by atoms with Gasteiger partial charge in [0.2, 0.25) is 0 Å². The first-order valence-electron chi connectivity index (χ1n) is 8.70. The Morgan fingerprint density at radius 3 is 2.68 bits per heavy atom. The molecule has 1 fully saturated rings. The minimum atomic E-state index is -0.654. The fraction of sp³-hybridized carbons (Fsp3) is 0.400. The summed E-state index contributed by atoms with van der Waals surface area (Å²) in [7, 11) is 1.67. The molecule has 134 valence electrons. The molecule has 0 saturated carbocycles. The highest BCUT2D eigenvalue weighted by molar-refractivity contribution is 5.48. The number of β-amino-alcohol motifs (C(OH)–C–C–N with tert-alkyl or cyclic N) is 1. The van der Waals surface area contributed by atoms with Gasteiger partial charge in [0.25, 0.3) is 0 Å². The lowest BCUT2D eigenvalue weighted by atomic mass is 10.0. The van der Waals surface area contributed by atoms with Gasteiger partial charge in [-0.15, -0.1) is 0 Å². The van der Waals surface area contributed by atoms with Gasteiger partial charge < -0.3 is 20.1 Å². The summed E-state index contributed by atoms with van der Waals surface area (Å²) >= 11 is 0. The average Bonchev–Trinajstić information content (AvgIpc) is 2.63. The lowest BCUT2D eigenvalue weighted by Crippen LogP contribution is -2.40. The Kier molecular flexibility index (Phi) is 5.89. The molecule has 1 atom stereocenters. The Morgan fingerprint density at radius 2 is 1.96 bits per heavy atom. The summed E-state index contributed by atoms with van der Waals surface area (Å²) in [6.45, 7) is 2.36. The van der Waals surface area contributed by atoms with Gasteiger partial charge in [0.05, 0.1) is 13.2 Å². The molecule has 0 aliphatic carbocycles. The predicted octanol–water partition coefficient (Wildman–Crippen LogP) is 3.44. The molecular weight excluding hydrogens is 319 g/mol. The largest absolute Gasteiger partial charge is 0.497 e. The number of aliphatic hydroxyl groups excluding tert-OH is 1. The number of benzene rings is 2. The number of likely N-dealkylation sites (tertiary alicyclic amines) is 1. The van der Waals surface area contributed by atoms with Crippen molar-refractivity contribution >= 4 is 5.69 Å². The Labute approximate surface area is 148 Å². The summed E-state index contributed by atoms with van der Waals surface area (Å²) in [5, 5.41) is 13.9. The van der Waals surface area contributed by atoms with Crippen molar-refractivity contribution in [3.8, 4) is 5.75 Å². The Balaban J connectivity index is 1.48. The Hall–Kier alpha value is -2.11. The van der Waals surface area contributed by atoms with E-state index in [4.69, 9.17) is 4.74 Å². The molecule has 3 rings (SSSR count). The van der Waals surface area contributed by atoms with E-state index in [1.165, 1.54) is 12.1 Å². The summed E-state index contributed by atoms with van der Waals surface area (Å²) in [4.78, 5) is 2.24. The van der Waals surface area contributed by atoms with E-state index in [0.29, 0.717) is 18.2 Å². The highest BCUT2D eigenvalue weighted by Crippen LogP contribution is 2.22. The maximum Gasteiger partial charge on any atom is 0.123 e. The zero-order valence-corrected chi connectivity index (χ0v) is 14.5. The van der Waals surface area contributed by atoms with Gasteiger partial charge in [-0.25, -0.2) is 4.39 Å². The molecule has 2 aromatic carbocycles. The fourth-order valence-corrected chi connectivity index (χ4v) is 3.27. The summed E-state index contributed by atoms with van der Waals surface area (Å²) in [5.74, 6) is 0.540. The summed E-state index contributed by atoms with van der Waals surface area (Å²) in [6, 6.07) is 14.6. The van der Waals surface area contributed by atoms with Crippen LogP contribution in [0.15, 0.2) is 48.5 Å². The van der Waals surface area contributed by atoms with Gasteiger partial charge in [-0.3, -0.25) is 0 Å². The first-order chi connectivity index (χ1) is 12.1. The van der Waals surface area contributed by atoms with Crippen LogP contribution in [0.2, 0.25) is 0 Å². The van der Waals surface area contributed by atoms with Crippen molar-refractivity contribution in [3.63, 3.8) is 0 Å². The number of halogens is 1. The van der Waals surface area contributed by atoms with Gasteiger partial charge in [0.1, 0.15) is 11.6 Å². The van der Waals surface area contributed by atoms with E-state index in [-0.39, 0.29) is 5.82 Å². The van der Waals surface area contributed by atoms with Crippen LogP contribution in [-0.4, -0.2) is 42.8 Å². The predicted molar refractivity (Wildman–Crippen MR) is 97.4 cm³/mol. The quantitative estimate of drug-likeness (QED) is 0.843. The van der Waals surface area contributed by atoms with Crippen LogP contribution in [0.5, 0.6) is 5.75 Å². The second kappa shape index (κ2) is 8.32. The molecule has 25 heavy (non-hydrogen) atoms. The molecule has 1 aliphatic heterocycles. The zero-order valence-electron chi connectivity index (χ0n) is 14.5. The number of nitrogens with one attached hydrogen (secondary N) is 1. The first-order valence-corrected chi connectivity index (χ1v) is 8.70.